The van der Waals surface area contributed by atoms with Gasteiger partial charge in [0.2, 0.25) is 0 Å². The summed E-state index contributed by atoms with van der Waals surface area (Å²) in [5, 5.41) is 11.2. The summed E-state index contributed by atoms with van der Waals surface area (Å²) in [5.41, 5.74) is -1.37. The standard InChI is InChI=1S/C9H16N2O5S/c1-9(2,7(12)13)10-8(14)11-3-5-17(15,16)6-4-11/h3-6H2,1-2H3,(H,10,14)(H,12,13). The molecule has 8 heteroatoms. The molecule has 1 saturated heterocycles. The van der Waals surface area contributed by atoms with E-state index >= 15 is 0 Å². The average Bonchev–Trinajstić information content (AvgIpc) is 2.16. The van der Waals surface area contributed by atoms with E-state index in [1.54, 1.807) is 0 Å². The van der Waals surface area contributed by atoms with E-state index in [2.05, 4.69) is 5.32 Å². The summed E-state index contributed by atoms with van der Waals surface area (Å²) in [7, 11) is -3.05. The summed E-state index contributed by atoms with van der Waals surface area (Å²) >= 11 is 0. The van der Waals surface area contributed by atoms with Crippen LogP contribution in [0.25, 0.3) is 0 Å². The summed E-state index contributed by atoms with van der Waals surface area (Å²) in [6, 6.07) is -0.549. The first-order chi connectivity index (χ1) is 7.64. The Morgan fingerprint density at radius 2 is 1.71 bits per heavy atom. The fraction of sp³-hybridized carbons (Fsp3) is 0.778. The highest BCUT2D eigenvalue weighted by molar-refractivity contribution is 7.91. The third kappa shape index (κ3) is 3.58. The lowest BCUT2D eigenvalue weighted by molar-refractivity contribution is -0.143. The van der Waals surface area contributed by atoms with E-state index in [0.717, 1.165) is 0 Å². The smallest absolute Gasteiger partial charge is 0.328 e. The number of carbonyl (C=O) groups is 2. The first kappa shape index (κ1) is 13.8. The molecule has 0 saturated carbocycles. The maximum Gasteiger partial charge on any atom is 0.328 e. The first-order valence-electron chi connectivity index (χ1n) is 5.15. The normalized spacial score (nSPS) is 19.8. The molecule has 1 fully saturated rings. The molecular weight excluding hydrogens is 248 g/mol. The maximum absolute atomic E-state index is 11.7. The molecule has 0 aromatic heterocycles. The molecular formula is C9H16N2O5S. The molecule has 1 rings (SSSR count). The highest BCUT2D eigenvalue weighted by Gasteiger charge is 2.32. The number of hydrogen-bond donors (Lipinski definition) is 2. The van der Waals surface area contributed by atoms with Gasteiger partial charge in [0.05, 0.1) is 11.5 Å². The Morgan fingerprint density at radius 3 is 2.12 bits per heavy atom. The Hall–Kier alpha value is -1.31. The zero-order chi connectivity index (χ0) is 13.3. The topological polar surface area (TPSA) is 104 Å². The van der Waals surface area contributed by atoms with E-state index in [1.807, 2.05) is 0 Å². The monoisotopic (exact) mass is 264 g/mol. The van der Waals surface area contributed by atoms with Crippen molar-refractivity contribution < 1.29 is 23.1 Å². The van der Waals surface area contributed by atoms with Crippen molar-refractivity contribution in [1.82, 2.24) is 10.2 Å². The van der Waals surface area contributed by atoms with Gasteiger partial charge < -0.3 is 15.3 Å². The van der Waals surface area contributed by atoms with E-state index in [9.17, 15) is 18.0 Å². The fourth-order valence-corrected chi connectivity index (χ4v) is 2.52. The first-order valence-corrected chi connectivity index (χ1v) is 6.97. The minimum atomic E-state index is -3.05. The lowest BCUT2D eigenvalue weighted by atomic mass is 10.1. The Bertz CT molecular complexity index is 415. The number of carbonyl (C=O) groups excluding carboxylic acids is 1. The predicted molar refractivity (Wildman–Crippen MR) is 60.5 cm³/mol. The van der Waals surface area contributed by atoms with Gasteiger partial charge in [0, 0.05) is 13.1 Å². The molecule has 17 heavy (non-hydrogen) atoms. The van der Waals surface area contributed by atoms with Crippen molar-refractivity contribution in [2.75, 3.05) is 24.6 Å². The minimum absolute atomic E-state index is 0.0755. The van der Waals surface area contributed by atoms with Crippen LogP contribution in [0.3, 0.4) is 0 Å². The Kier molecular flexibility index (Phi) is 3.65. The molecule has 7 nitrogen and oxygen atoms in total. The van der Waals surface area contributed by atoms with Crippen molar-refractivity contribution >= 4 is 21.8 Å². The zero-order valence-electron chi connectivity index (χ0n) is 9.76. The predicted octanol–water partition coefficient (Wildman–Crippen LogP) is -0.710. The van der Waals surface area contributed by atoms with Crippen molar-refractivity contribution in [3.05, 3.63) is 0 Å². The van der Waals surface area contributed by atoms with Gasteiger partial charge in [-0.25, -0.2) is 18.0 Å². The Balaban J connectivity index is 2.59. The number of aliphatic carboxylic acids is 1. The number of carboxylic acids is 1. The molecule has 0 atom stereocenters. The molecule has 0 aromatic carbocycles. The van der Waals surface area contributed by atoms with Gasteiger partial charge in [-0.1, -0.05) is 0 Å². The molecule has 0 spiro atoms. The zero-order valence-corrected chi connectivity index (χ0v) is 10.6. The van der Waals surface area contributed by atoms with E-state index in [0.29, 0.717) is 0 Å². The number of amides is 2. The van der Waals surface area contributed by atoms with Gasteiger partial charge >= 0.3 is 12.0 Å². The summed E-state index contributed by atoms with van der Waals surface area (Å²) < 4.78 is 22.3. The van der Waals surface area contributed by atoms with Crippen LogP contribution in [0.15, 0.2) is 0 Å². The summed E-state index contributed by atoms with van der Waals surface area (Å²) in [6.45, 7) is 2.94. The van der Waals surface area contributed by atoms with Gasteiger partial charge in [0.25, 0.3) is 0 Å². The lowest BCUT2D eigenvalue weighted by Gasteiger charge is -2.30. The summed E-state index contributed by atoms with van der Waals surface area (Å²) in [5.74, 6) is -1.29. The van der Waals surface area contributed by atoms with Crippen molar-refractivity contribution in [3.63, 3.8) is 0 Å². The number of urea groups is 1. The molecule has 2 N–H and O–H groups in total. The van der Waals surface area contributed by atoms with Crippen molar-refractivity contribution in [2.24, 2.45) is 0 Å². The molecule has 0 radical (unpaired) electrons. The number of carboxylic acid groups (broad SMARTS) is 1. The molecule has 1 heterocycles. The Labute approximate surface area is 99.7 Å². The molecule has 0 aromatic rings. The molecule has 0 unspecified atom stereocenters. The van der Waals surface area contributed by atoms with Gasteiger partial charge in [-0.3, -0.25) is 0 Å². The maximum atomic E-state index is 11.7. The fourth-order valence-electron chi connectivity index (χ4n) is 1.32. The summed E-state index contributed by atoms with van der Waals surface area (Å²) in [4.78, 5) is 23.8. The van der Waals surface area contributed by atoms with E-state index in [4.69, 9.17) is 5.11 Å². The molecule has 1 aliphatic rings. The number of sulfone groups is 1. The van der Waals surface area contributed by atoms with Crippen LogP contribution in [0.5, 0.6) is 0 Å². The molecule has 0 aliphatic carbocycles. The third-order valence-electron chi connectivity index (χ3n) is 2.59. The van der Waals surface area contributed by atoms with Crippen LogP contribution in [0.4, 0.5) is 4.79 Å². The highest BCUT2D eigenvalue weighted by Crippen LogP contribution is 2.07. The quantitative estimate of drug-likeness (QED) is 0.685. The van der Waals surface area contributed by atoms with Crippen molar-refractivity contribution in [3.8, 4) is 0 Å². The van der Waals surface area contributed by atoms with Gasteiger partial charge in [0.15, 0.2) is 9.84 Å². The SMILES string of the molecule is CC(C)(NC(=O)N1CCS(=O)(=O)CC1)C(=O)O. The highest BCUT2D eigenvalue weighted by atomic mass is 32.2. The Morgan fingerprint density at radius 1 is 1.24 bits per heavy atom. The van der Waals surface area contributed by atoms with Crippen LogP contribution in [0.1, 0.15) is 13.8 Å². The van der Waals surface area contributed by atoms with E-state index in [-0.39, 0.29) is 24.6 Å². The largest absolute Gasteiger partial charge is 0.480 e. The van der Waals surface area contributed by atoms with Crippen LogP contribution < -0.4 is 5.32 Å². The van der Waals surface area contributed by atoms with Crippen LogP contribution in [0, 0.1) is 0 Å². The number of hydrogen-bond acceptors (Lipinski definition) is 4. The van der Waals surface area contributed by atoms with Gasteiger partial charge in [-0.05, 0) is 13.8 Å². The molecule has 98 valence electrons. The average molecular weight is 264 g/mol. The second-order valence-corrected chi connectivity index (χ2v) is 6.80. The number of nitrogens with zero attached hydrogens (tertiary/aromatic N) is 1. The van der Waals surface area contributed by atoms with Crippen LogP contribution in [0.2, 0.25) is 0 Å². The van der Waals surface area contributed by atoms with Gasteiger partial charge in [-0.2, -0.15) is 0 Å². The van der Waals surface area contributed by atoms with Gasteiger partial charge in [0.1, 0.15) is 5.54 Å². The van der Waals surface area contributed by atoms with E-state index < -0.39 is 27.4 Å². The minimum Gasteiger partial charge on any atom is -0.480 e. The molecule has 2 amide bonds. The van der Waals surface area contributed by atoms with Crippen molar-refractivity contribution in [1.29, 1.82) is 0 Å². The van der Waals surface area contributed by atoms with Crippen LogP contribution >= 0.6 is 0 Å². The third-order valence-corrected chi connectivity index (χ3v) is 4.19. The second kappa shape index (κ2) is 4.52. The number of rotatable bonds is 2. The summed E-state index contributed by atoms with van der Waals surface area (Å²) in [6.07, 6.45) is 0. The molecule has 1 aliphatic heterocycles. The number of nitrogens with one attached hydrogen (secondary N) is 1. The van der Waals surface area contributed by atoms with Crippen molar-refractivity contribution in [2.45, 2.75) is 19.4 Å². The van der Waals surface area contributed by atoms with Crippen LogP contribution in [-0.4, -0.2) is 60.6 Å². The lowest BCUT2D eigenvalue weighted by Crippen LogP contribution is -2.56. The molecule has 0 bridgehead atoms. The van der Waals surface area contributed by atoms with Crippen LogP contribution in [-0.2, 0) is 14.6 Å². The second-order valence-electron chi connectivity index (χ2n) is 4.50. The van der Waals surface area contributed by atoms with E-state index in [1.165, 1.54) is 18.7 Å². The van der Waals surface area contributed by atoms with Gasteiger partial charge in [-0.15, -0.1) is 0 Å².